The molecule has 1 atom stereocenters. The van der Waals surface area contributed by atoms with Crippen molar-refractivity contribution in [3.63, 3.8) is 0 Å². The van der Waals surface area contributed by atoms with Gasteiger partial charge in [-0.2, -0.15) is 0 Å². The van der Waals surface area contributed by atoms with Gasteiger partial charge in [-0.3, -0.25) is 9.79 Å². The summed E-state index contributed by atoms with van der Waals surface area (Å²) in [7, 11) is 1.77. The fourth-order valence-electron chi connectivity index (χ4n) is 2.70. The minimum Gasteiger partial charge on any atom is -0.352 e. The van der Waals surface area contributed by atoms with E-state index >= 15 is 0 Å². The standard InChI is InChI=1S/C17H26N4O/c1-4-16(22)21-10-9-15(12-21)20-17(18-3)19-11-14-8-6-5-7-13(14)2/h5-8,15H,4,9-12H2,1-3H3,(H2,18,19,20). The Hall–Kier alpha value is -2.04. The van der Waals surface area contributed by atoms with E-state index < -0.39 is 0 Å². The van der Waals surface area contributed by atoms with Crippen molar-refractivity contribution in [3.8, 4) is 0 Å². The summed E-state index contributed by atoms with van der Waals surface area (Å²) >= 11 is 0. The molecule has 1 aliphatic heterocycles. The van der Waals surface area contributed by atoms with Crippen LogP contribution in [0.3, 0.4) is 0 Å². The molecule has 1 aliphatic rings. The molecule has 2 N–H and O–H groups in total. The normalized spacial score (nSPS) is 18.4. The van der Waals surface area contributed by atoms with Crippen LogP contribution in [0.1, 0.15) is 30.9 Å². The molecule has 1 heterocycles. The van der Waals surface area contributed by atoms with Crippen molar-refractivity contribution >= 4 is 11.9 Å². The first-order chi connectivity index (χ1) is 10.6. The van der Waals surface area contributed by atoms with Crippen molar-refractivity contribution < 1.29 is 4.79 Å². The van der Waals surface area contributed by atoms with Gasteiger partial charge in [0, 0.05) is 39.1 Å². The quantitative estimate of drug-likeness (QED) is 0.657. The Morgan fingerprint density at radius 3 is 2.86 bits per heavy atom. The van der Waals surface area contributed by atoms with E-state index in [-0.39, 0.29) is 11.9 Å². The van der Waals surface area contributed by atoms with Crippen molar-refractivity contribution in [2.24, 2.45) is 4.99 Å². The number of aliphatic imine (C=N–C) groups is 1. The van der Waals surface area contributed by atoms with Gasteiger partial charge in [0.15, 0.2) is 5.96 Å². The molecule has 0 bridgehead atoms. The van der Waals surface area contributed by atoms with Gasteiger partial charge in [-0.25, -0.2) is 0 Å². The number of rotatable bonds is 4. The number of carbonyl (C=O) groups is 1. The molecule has 120 valence electrons. The largest absolute Gasteiger partial charge is 0.352 e. The summed E-state index contributed by atoms with van der Waals surface area (Å²) < 4.78 is 0. The molecular formula is C17H26N4O. The lowest BCUT2D eigenvalue weighted by atomic mass is 10.1. The molecule has 5 heteroatoms. The lowest BCUT2D eigenvalue weighted by Crippen LogP contribution is -2.44. The molecule has 0 radical (unpaired) electrons. The van der Waals surface area contributed by atoms with Gasteiger partial charge < -0.3 is 15.5 Å². The molecule has 1 aromatic rings. The second-order valence-corrected chi connectivity index (χ2v) is 5.68. The maximum atomic E-state index is 11.7. The molecule has 1 amide bonds. The van der Waals surface area contributed by atoms with Crippen LogP contribution >= 0.6 is 0 Å². The van der Waals surface area contributed by atoms with Gasteiger partial charge in [-0.05, 0) is 24.5 Å². The topological polar surface area (TPSA) is 56.7 Å². The molecule has 22 heavy (non-hydrogen) atoms. The molecule has 0 spiro atoms. The van der Waals surface area contributed by atoms with Crippen LogP contribution in [0.4, 0.5) is 0 Å². The number of amides is 1. The molecule has 0 aliphatic carbocycles. The van der Waals surface area contributed by atoms with Gasteiger partial charge in [0.25, 0.3) is 0 Å². The molecule has 1 fully saturated rings. The number of benzene rings is 1. The van der Waals surface area contributed by atoms with Crippen molar-refractivity contribution in [1.29, 1.82) is 0 Å². The zero-order chi connectivity index (χ0) is 15.9. The van der Waals surface area contributed by atoms with E-state index in [2.05, 4.69) is 34.7 Å². The summed E-state index contributed by atoms with van der Waals surface area (Å²) in [6.07, 6.45) is 1.55. The lowest BCUT2D eigenvalue weighted by molar-refractivity contribution is -0.129. The molecule has 2 rings (SSSR count). The minimum absolute atomic E-state index is 0.229. The second-order valence-electron chi connectivity index (χ2n) is 5.68. The smallest absolute Gasteiger partial charge is 0.222 e. The van der Waals surface area contributed by atoms with E-state index in [0.29, 0.717) is 6.42 Å². The summed E-state index contributed by atoms with van der Waals surface area (Å²) in [4.78, 5) is 17.9. The Morgan fingerprint density at radius 2 is 2.18 bits per heavy atom. The van der Waals surface area contributed by atoms with Gasteiger partial charge in [-0.15, -0.1) is 0 Å². The average molecular weight is 302 g/mol. The van der Waals surface area contributed by atoms with Gasteiger partial charge in [-0.1, -0.05) is 31.2 Å². The van der Waals surface area contributed by atoms with Crippen LogP contribution in [-0.2, 0) is 11.3 Å². The van der Waals surface area contributed by atoms with Gasteiger partial charge in [0.2, 0.25) is 5.91 Å². The predicted molar refractivity (Wildman–Crippen MR) is 89.8 cm³/mol. The maximum Gasteiger partial charge on any atom is 0.222 e. The Balaban J connectivity index is 1.84. The fourth-order valence-corrected chi connectivity index (χ4v) is 2.70. The van der Waals surface area contributed by atoms with Crippen LogP contribution in [-0.4, -0.2) is 42.9 Å². The number of hydrogen-bond acceptors (Lipinski definition) is 2. The van der Waals surface area contributed by atoms with E-state index in [0.717, 1.165) is 32.0 Å². The van der Waals surface area contributed by atoms with Crippen molar-refractivity contribution in [3.05, 3.63) is 35.4 Å². The monoisotopic (exact) mass is 302 g/mol. The van der Waals surface area contributed by atoms with Crippen molar-refractivity contribution in [2.45, 2.75) is 39.3 Å². The second kappa shape index (κ2) is 7.82. The molecule has 1 unspecified atom stereocenters. The number of nitrogens with zero attached hydrogens (tertiary/aromatic N) is 2. The molecule has 5 nitrogen and oxygen atoms in total. The van der Waals surface area contributed by atoms with Crippen LogP contribution in [0.15, 0.2) is 29.3 Å². The lowest BCUT2D eigenvalue weighted by Gasteiger charge is -2.19. The highest BCUT2D eigenvalue weighted by atomic mass is 16.2. The summed E-state index contributed by atoms with van der Waals surface area (Å²) in [6.45, 7) is 6.36. The third kappa shape index (κ3) is 4.23. The van der Waals surface area contributed by atoms with Crippen LogP contribution in [0.5, 0.6) is 0 Å². The Kier molecular flexibility index (Phi) is 5.81. The van der Waals surface area contributed by atoms with E-state index in [1.165, 1.54) is 11.1 Å². The zero-order valence-corrected chi connectivity index (χ0v) is 13.7. The summed E-state index contributed by atoms with van der Waals surface area (Å²) in [5.41, 5.74) is 2.53. The highest BCUT2D eigenvalue weighted by molar-refractivity contribution is 5.80. The van der Waals surface area contributed by atoms with Crippen molar-refractivity contribution in [2.75, 3.05) is 20.1 Å². The summed E-state index contributed by atoms with van der Waals surface area (Å²) in [6, 6.07) is 8.60. The summed E-state index contributed by atoms with van der Waals surface area (Å²) in [5, 5.41) is 6.76. The van der Waals surface area contributed by atoms with Crippen LogP contribution in [0.2, 0.25) is 0 Å². The van der Waals surface area contributed by atoms with Crippen molar-refractivity contribution in [1.82, 2.24) is 15.5 Å². The minimum atomic E-state index is 0.229. The van der Waals surface area contributed by atoms with E-state index in [9.17, 15) is 4.79 Å². The van der Waals surface area contributed by atoms with Crippen LogP contribution in [0.25, 0.3) is 0 Å². The van der Waals surface area contributed by atoms with E-state index in [4.69, 9.17) is 0 Å². The SMILES string of the molecule is CCC(=O)N1CCC(NC(=NC)NCc2ccccc2C)C1. The molecule has 1 saturated heterocycles. The third-order valence-corrected chi connectivity index (χ3v) is 4.12. The maximum absolute atomic E-state index is 11.7. The first-order valence-corrected chi connectivity index (χ1v) is 7.93. The molecule has 0 saturated carbocycles. The Morgan fingerprint density at radius 1 is 1.41 bits per heavy atom. The fraction of sp³-hybridized carbons (Fsp3) is 0.529. The van der Waals surface area contributed by atoms with Gasteiger partial charge in [0.1, 0.15) is 0 Å². The summed E-state index contributed by atoms with van der Waals surface area (Å²) in [5.74, 6) is 1.02. The highest BCUT2D eigenvalue weighted by Crippen LogP contribution is 2.10. The third-order valence-electron chi connectivity index (χ3n) is 4.12. The van der Waals surface area contributed by atoms with E-state index in [1.54, 1.807) is 7.05 Å². The van der Waals surface area contributed by atoms with Crippen LogP contribution in [0, 0.1) is 6.92 Å². The number of hydrogen-bond donors (Lipinski definition) is 2. The highest BCUT2D eigenvalue weighted by Gasteiger charge is 2.25. The van der Waals surface area contributed by atoms with Gasteiger partial charge >= 0.3 is 0 Å². The number of nitrogens with one attached hydrogen (secondary N) is 2. The van der Waals surface area contributed by atoms with Crippen LogP contribution < -0.4 is 10.6 Å². The number of guanidine groups is 1. The first-order valence-electron chi connectivity index (χ1n) is 7.93. The number of likely N-dealkylation sites (tertiary alicyclic amines) is 1. The van der Waals surface area contributed by atoms with E-state index in [1.807, 2.05) is 24.0 Å². The zero-order valence-electron chi connectivity index (χ0n) is 13.7. The van der Waals surface area contributed by atoms with Gasteiger partial charge in [0.05, 0.1) is 0 Å². The Labute approximate surface area is 132 Å². The average Bonchev–Trinajstić information content (AvgIpc) is 3.00. The number of carbonyl (C=O) groups excluding carboxylic acids is 1. The predicted octanol–water partition coefficient (Wildman–Crippen LogP) is 1.67. The first kappa shape index (κ1) is 16.3. The number of aryl methyl sites for hydroxylation is 1. The molecule has 0 aromatic heterocycles. The molecule has 1 aromatic carbocycles. The Bertz CT molecular complexity index is 541. The molecular weight excluding hydrogens is 276 g/mol.